The van der Waals surface area contributed by atoms with Crippen molar-refractivity contribution in [2.24, 2.45) is 5.92 Å². The summed E-state index contributed by atoms with van der Waals surface area (Å²) in [6.07, 6.45) is 5.94. The highest BCUT2D eigenvalue weighted by Gasteiger charge is 2.16. The van der Waals surface area contributed by atoms with Gasteiger partial charge in [0.25, 0.3) is 0 Å². The number of rotatable bonds is 2. The number of hydrogen-bond donors (Lipinski definition) is 3. The first-order valence-electron chi connectivity index (χ1n) is 7.11. The molecule has 0 saturated carbocycles. The third-order valence-electron chi connectivity index (χ3n) is 2.96. The van der Waals surface area contributed by atoms with Crippen molar-refractivity contribution >= 4 is 5.97 Å². The van der Waals surface area contributed by atoms with Gasteiger partial charge in [0, 0.05) is 19.0 Å². The zero-order valence-corrected chi connectivity index (χ0v) is 11.9. The number of hydrogen-bond acceptors (Lipinski definition) is 5. The van der Waals surface area contributed by atoms with E-state index in [1.54, 1.807) is 0 Å². The summed E-state index contributed by atoms with van der Waals surface area (Å²) < 4.78 is 5.48. The van der Waals surface area contributed by atoms with Crippen LogP contribution in [0.4, 0.5) is 0 Å². The van der Waals surface area contributed by atoms with Gasteiger partial charge in [0.1, 0.15) is 6.10 Å². The van der Waals surface area contributed by atoms with Crippen LogP contribution in [-0.2, 0) is 9.53 Å². The van der Waals surface area contributed by atoms with Crippen LogP contribution in [0.25, 0.3) is 0 Å². The van der Waals surface area contributed by atoms with E-state index >= 15 is 0 Å². The Bertz CT molecular complexity index is 320. The molecule has 3 N–H and O–H groups in total. The topological polar surface area (TPSA) is 62.4 Å². The highest BCUT2D eigenvalue weighted by Crippen LogP contribution is 2.13. The standard InChI is InChI=1S/C14H25N3O2/c1-12(2)14(18)19-13-8-5-3-4-6-10-15-17-16-11-7-9-13/h12-13,15-17H,3-6,8-10H2,1-2H3. The normalized spacial score (nSPS) is 21.9. The van der Waals surface area contributed by atoms with Crippen molar-refractivity contribution in [1.29, 1.82) is 0 Å². The van der Waals surface area contributed by atoms with E-state index in [4.69, 9.17) is 4.74 Å². The predicted molar refractivity (Wildman–Crippen MR) is 74.5 cm³/mol. The Balaban J connectivity index is 2.45. The molecule has 1 atom stereocenters. The minimum Gasteiger partial charge on any atom is -0.461 e. The molecule has 1 heterocycles. The quantitative estimate of drug-likeness (QED) is 0.522. The van der Waals surface area contributed by atoms with Crippen LogP contribution in [-0.4, -0.2) is 18.6 Å². The Kier molecular flexibility index (Phi) is 8.03. The Morgan fingerprint density at radius 2 is 2.05 bits per heavy atom. The minimum atomic E-state index is -0.135. The van der Waals surface area contributed by atoms with E-state index in [9.17, 15) is 4.79 Å². The summed E-state index contributed by atoms with van der Waals surface area (Å²) in [4.78, 5) is 11.6. The molecule has 0 amide bonds. The molecular formula is C14H25N3O2. The van der Waals surface area contributed by atoms with Gasteiger partial charge in [-0.15, -0.1) is 0 Å². The lowest BCUT2D eigenvalue weighted by Crippen LogP contribution is -2.41. The van der Waals surface area contributed by atoms with Crippen LogP contribution >= 0.6 is 0 Å². The van der Waals surface area contributed by atoms with E-state index in [1.807, 2.05) is 13.8 Å². The maximum Gasteiger partial charge on any atom is 0.308 e. The van der Waals surface area contributed by atoms with Gasteiger partial charge in [0.2, 0.25) is 0 Å². The van der Waals surface area contributed by atoms with Gasteiger partial charge in [-0.1, -0.05) is 32.6 Å². The van der Waals surface area contributed by atoms with Gasteiger partial charge in [0.05, 0.1) is 5.92 Å². The van der Waals surface area contributed by atoms with Crippen LogP contribution in [0.15, 0.2) is 0 Å². The van der Waals surface area contributed by atoms with E-state index in [0.29, 0.717) is 6.42 Å². The van der Waals surface area contributed by atoms with Crippen LogP contribution in [0.1, 0.15) is 52.4 Å². The molecular weight excluding hydrogens is 242 g/mol. The molecule has 5 nitrogen and oxygen atoms in total. The van der Waals surface area contributed by atoms with E-state index in [-0.39, 0.29) is 18.0 Å². The molecule has 1 unspecified atom stereocenters. The van der Waals surface area contributed by atoms with Crippen LogP contribution in [0.5, 0.6) is 0 Å². The summed E-state index contributed by atoms with van der Waals surface area (Å²) in [7, 11) is 0. The Morgan fingerprint density at radius 3 is 2.84 bits per heavy atom. The molecule has 108 valence electrons. The van der Waals surface area contributed by atoms with Crippen molar-refractivity contribution in [3.8, 4) is 12.0 Å². The maximum absolute atomic E-state index is 11.6. The van der Waals surface area contributed by atoms with E-state index in [1.165, 1.54) is 6.42 Å². The fourth-order valence-corrected chi connectivity index (χ4v) is 1.79. The number of carbonyl (C=O) groups excluding carboxylic acids is 1. The largest absolute Gasteiger partial charge is 0.461 e. The molecule has 5 heteroatoms. The van der Waals surface area contributed by atoms with E-state index in [2.05, 4.69) is 28.4 Å². The summed E-state index contributed by atoms with van der Waals surface area (Å²) in [6, 6.07) is 2.79. The maximum atomic E-state index is 11.6. The molecule has 0 aromatic heterocycles. The zero-order chi connectivity index (χ0) is 13.9. The highest BCUT2D eigenvalue weighted by atomic mass is 16.5. The summed E-state index contributed by atoms with van der Waals surface area (Å²) >= 11 is 0. The number of nitrogens with one attached hydrogen (secondary N) is 3. The Morgan fingerprint density at radius 1 is 1.26 bits per heavy atom. The van der Waals surface area contributed by atoms with Gasteiger partial charge in [0.15, 0.2) is 0 Å². The van der Waals surface area contributed by atoms with Crippen LogP contribution in [0.3, 0.4) is 0 Å². The van der Waals surface area contributed by atoms with Gasteiger partial charge in [-0.05, 0) is 19.3 Å². The van der Waals surface area contributed by atoms with Gasteiger partial charge in [-0.25, -0.2) is 5.43 Å². The molecule has 0 aromatic rings. The summed E-state index contributed by atoms with van der Waals surface area (Å²) in [5.74, 6) is 2.76. The van der Waals surface area contributed by atoms with Crippen molar-refractivity contribution < 1.29 is 9.53 Å². The van der Waals surface area contributed by atoms with Crippen molar-refractivity contribution in [1.82, 2.24) is 16.4 Å². The predicted octanol–water partition coefficient (Wildman–Crippen LogP) is 1.47. The zero-order valence-electron chi connectivity index (χ0n) is 11.9. The number of hydrazine groups is 2. The summed E-state index contributed by atoms with van der Waals surface area (Å²) in [5, 5.41) is 0. The average Bonchev–Trinajstić information content (AvgIpc) is 2.40. The molecule has 1 aliphatic rings. The Labute approximate surface area is 115 Å². The van der Waals surface area contributed by atoms with Crippen LogP contribution in [0, 0.1) is 17.9 Å². The highest BCUT2D eigenvalue weighted by molar-refractivity contribution is 5.71. The summed E-state index contributed by atoms with van der Waals surface area (Å²) in [6.45, 7) is 4.62. The molecule has 0 aromatic carbocycles. The van der Waals surface area contributed by atoms with E-state index < -0.39 is 0 Å². The fourth-order valence-electron chi connectivity index (χ4n) is 1.79. The summed E-state index contributed by atoms with van der Waals surface area (Å²) in [5.41, 5.74) is 8.61. The average molecular weight is 267 g/mol. The first-order chi connectivity index (χ1) is 9.20. The lowest BCUT2D eigenvalue weighted by atomic mass is 10.1. The van der Waals surface area contributed by atoms with Crippen LogP contribution in [0.2, 0.25) is 0 Å². The molecule has 1 aliphatic heterocycles. The molecule has 0 bridgehead atoms. The molecule has 1 rings (SSSR count). The fraction of sp³-hybridized carbons (Fsp3) is 0.786. The van der Waals surface area contributed by atoms with Gasteiger partial charge < -0.3 is 4.74 Å². The molecule has 19 heavy (non-hydrogen) atoms. The monoisotopic (exact) mass is 267 g/mol. The first-order valence-corrected chi connectivity index (χ1v) is 7.11. The Hall–Kier alpha value is -1.25. The SMILES string of the molecule is CC(C)C(=O)OC1CC#CNNNCCCCCC1. The van der Waals surface area contributed by atoms with Crippen LogP contribution < -0.4 is 16.4 Å². The third kappa shape index (κ3) is 7.70. The molecule has 0 spiro atoms. The van der Waals surface area contributed by atoms with Crippen molar-refractivity contribution in [2.45, 2.75) is 58.5 Å². The van der Waals surface area contributed by atoms with Crippen molar-refractivity contribution in [2.75, 3.05) is 6.54 Å². The molecule has 0 radical (unpaired) electrons. The second kappa shape index (κ2) is 9.65. The second-order valence-corrected chi connectivity index (χ2v) is 5.10. The van der Waals surface area contributed by atoms with Crippen molar-refractivity contribution in [3.05, 3.63) is 0 Å². The lowest BCUT2D eigenvalue weighted by molar-refractivity contribution is -0.153. The molecule has 0 aliphatic carbocycles. The van der Waals surface area contributed by atoms with Crippen molar-refractivity contribution in [3.63, 3.8) is 0 Å². The number of ether oxygens (including phenoxy) is 1. The van der Waals surface area contributed by atoms with Gasteiger partial charge in [-0.3, -0.25) is 10.2 Å². The molecule has 0 saturated heterocycles. The van der Waals surface area contributed by atoms with Gasteiger partial charge >= 0.3 is 5.97 Å². The second-order valence-electron chi connectivity index (χ2n) is 5.10. The third-order valence-corrected chi connectivity index (χ3v) is 2.96. The molecule has 0 fully saturated rings. The minimum absolute atomic E-state index is 0.0819. The lowest BCUT2D eigenvalue weighted by Gasteiger charge is -2.17. The van der Waals surface area contributed by atoms with Gasteiger partial charge in [-0.2, -0.15) is 5.53 Å². The smallest absolute Gasteiger partial charge is 0.308 e. The number of esters is 1. The van der Waals surface area contributed by atoms with E-state index in [0.717, 1.165) is 32.2 Å². The number of carbonyl (C=O) groups is 1. The first kappa shape index (κ1) is 15.8.